The number of fused-ring (bicyclic) bond motifs is 1. The molecule has 4 heterocycles. The number of likely N-dealkylation sites (tertiary alicyclic amines) is 3. The minimum absolute atomic E-state index is 0.0114. The molecule has 0 bridgehead atoms. The van der Waals surface area contributed by atoms with Gasteiger partial charge in [0.05, 0.1) is 10.9 Å². The molecule has 4 fully saturated rings. The van der Waals surface area contributed by atoms with Gasteiger partial charge in [0.25, 0.3) is 0 Å². The monoisotopic (exact) mass is 526 g/mol. The molecule has 1 N–H and O–H groups in total. The van der Waals surface area contributed by atoms with E-state index >= 15 is 0 Å². The van der Waals surface area contributed by atoms with Crippen LogP contribution in [0.15, 0.2) is 17.5 Å². The molecule has 11 heteroatoms. The summed E-state index contributed by atoms with van der Waals surface area (Å²) in [6.45, 7) is 4.44. The largest absolute Gasteiger partial charge is 0.336 e. The van der Waals surface area contributed by atoms with Crippen LogP contribution < -0.4 is 4.72 Å². The summed E-state index contributed by atoms with van der Waals surface area (Å²) in [4.78, 5) is 33.0. The first-order valence-electron chi connectivity index (χ1n) is 12.1. The van der Waals surface area contributed by atoms with Crippen molar-refractivity contribution in [1.29, 1.82) is 0 Å². The quantitative estimate of drug-likeness (QED) is 0.561. The van der Waals surface area contributed by atoms with Gasteiger partial charge in [-0.3, -0.25) is 9.59 Å². The zero-order valence-corrected chi connectivity index (χ0v) is 21.5. The Kier molecular flexibility index (Phi) is 7.05. The number of halogens is 1. The maximum Gasteiger partial charge on any atom is 0.242 e. The van der Waals surface area contributed by atoms with Crippen LogP contribution in [0.1, 0.15) is 37.0 Å². The van der Waals surface area contributed by atoms with Crippen molar-refractivity contribution in [2.24, 2.45) is 11.8 Å². The first kappa shape index (κ1) is 24.2. The van der Waals surface area contributed by atoms with E-state index in [0.29, 0.717) is 40.4 Å². The van der Waals surface area contributed by atoms with Crippen molar-refractivity contribution in [3.63, 3.8) is 0 Å². The van der Waals surface area contributed by atoms with Crippen LogP contribution in [0, 0.1) is 11.8 Å². The molecule has 0 radical (unpaired) electrons. The van der Waals surface area contributed by atoms with Gasteiger partial charge in [-0.2, -0.15) is 4.72 Å². The van der Waals surface area contributed by atoms with Crippen LogP contribution in [0.5, 0.6) is 0 Å². The average molecular weight is 527 g/mol. The molecule has 3 unspecified atom stereocenters. The first-order valence-corrected chi connectivity index (χ1v) is 14.8. The fourth-order valence-corrected chi connectivity index (χ4v) is 7.66. The fourth-order valence-electron chi connectivity index (χ4n) is 5.59. The van der Waals surface area contributed by atoms with Crippen molar-refractivity contribution in [3.05, 3.63) is 26.8 Å². The number of nitrogens with one attached hydrogen (secondary N) is 1. The smallest absolute Gasteiger partial charge is 0.242 e. The van der Waals surface area contributed by atoms with Gasteiger partial charge in [-0.25, -0.2) is 8.42 Å². The maximum atomic E-state index is 13.2. The van der Waals surface area contributed by atoms with Gasteiger partial charge in [0.2, 0.25) is 21.8 Å². The van der Waals surface area contributed by atoms with E-state index in [0.717, 1.165) is 31.6 Å². The number of rotatable bonds is 8. The number of piperidine rings is 2. The minimum Gasteiger partial charge on any atom is -0.336 e. The average Bonchev–Trinajstić information content (AvgIpc) is 3.11. The summed E-state index contributed by atoms with van der Waals surface area (Å²) in [7, 11) is -3.81. The van der Waals surface area contributed by atoms with Gasteiger partial charge in [0, 0.05) is 36.0 Å². The van der Waals surface area contributed by atoms with Crippen LogP contribution in [-0.4, -0.2) is 86.3 Å². The molecule has 4 atom stereocenters. The lowest BCUT2D eigenvalue weighted by molar-refractivity contribution is -0.144. The second kappa shape index (κ2) is 9.89. The summed E-state index contributed by atoms with van der Waals surface area (Å²) in [6.07, 6.45) is 6.20. The summed E-state index contributed by atoms with van der Waals surface area (Å²) < 4.78 is 28.1. The number of nitrogens with zero attached hydrogens (tertiary/aromatic N) is 3. The molecule has 1 saturated carbocycles. The van der Waals surface area contributed by atoms with Crippen molar-refractivity contribution < 1.29 is 18.0 Å². The Labute approximate surface area is 210 Å². The molecule has 3 aliphatic heterocycles. The van der Waals surface area contributed by atoms with Crippen LogP contribution in [-0.2, 0) is 19.6 Å². The van der Waals surface area contributed by atoms with E-state index in [-0.39, 0.29) is 24.4 Å². The standard InChI is InChI=1S/C23H31ClN4O4S2/c24-21-6-5-17(33-21)7-11-34(31,32)25-19-4-3-10-27(23(19)30)15-22(29)28-13-16-12-18(16)20(28)14-26-8-1-2-9-26/h5-7,11,16,18-20,25H,1-4,8-10,12-15H2/t16?,18?,19-,20?/m0/s1. The zero-order valence-electron chi connectivity index (χ0n) is 19.1. The zero-order chi connectivity index (χ0) is 23.9. The Hall–Kier alpha value is -1.46. The van der Waals surface area contributed by atoms with Gasteiger partial charge in [-0.15, -0.1) is 11.3 Å². The SMILES string of the molecule is O=C1[C@@H](NS(=O)(=O)C=Cc2ccc(Cl)s2)CCCN1CC(=O)N1CC2CC2C1CN1CCCC1. The van der Waals surface area contributed by atoms with E-state index in [1.54, 1.807) is 12.1 Å². The van der Waals surface area contributed by atoms with E-state index in [2.05, 4.69) is 9.62 Å². The highest BCUT2D eigenvalue weighted by Gasteiger charge is 2.54. The summed E-state index contributed by atoms with van der Waals surface area (Å²) in [6, 6.07) is 2.83. The topological polar surface area (TPSA) is 90.0 Å². The molecular weight excluding hydrogens is 496 g/mol. The minimum atomic E-state index is -3.81. The molecule has 1 aromatic heterocycles. The van der Waals surface area contributed by atoms with Crippen molar-refractivity contribution in [1.82, 2.24) is 19.4 Å². The lowest BCUT2D eigenvalue weighted by atomic mass is 10.1. The molecule has 186 valence electrons. The van der Waals surface area contributed by atoms with Gasteiger partial charge in [-0.1, -0.05) is 11.6 Å². The number of carbonyl (C=O) groups excluding carboxylic acids is 2. The van der Waals surface area contributed by atoms with E-state index < -0.39 is 16.1 Å². The number of sulfonamides is 1. The summed E-state index contributed by atoms with van der Waals surface area (Å²) in [5.74, 6) is 0.878. The van der Waals surface area contributed by atoms with Crippen LogP contribution >= 0.6 is 22.9 Å². The number of hydrogen-bond donors (Lipinski definition) is 1. The summed E-state index contributed by atoms with van der Waals surface area (Å²) in [5, 5.41) is 1.06. The summed E-state index contributed by atoms with van der Waals surface area (Å²) >= 11 is 7.16. The van der Waals surface area contributed by atoms with Gasteiger partial charge < -0.3 is 14.7 Å². The van der Waals surface area contributed by atoms with E-state index in [9.17, 15) is 18.0 Å². The second-order valence-electron chi connectivity index (χ2n) is 9.84. The third-order valence-corrected chi connectivity index (χ3v) is 9.74. The van der Waals surface area contributed by atoms with E-state index in [4.69, 9.17) is 11.6 Å². The molecule has 2 amide bonds. The van der Waals surface area contributed by atoms with E-state index in [1.165, 1.54) is 41.6 Å². The van der Waals surface area contributed by atoms with Crippen LogP contribution in [0.4, 0.5) is 0 Å². The number of hydrogen-bond acceptors (Lipinski definition) is 6. The molecule has 34 heavy (non-hydrogen) atoms. The fraction of sp³-hybridized carbons (Fsp3) is 0.652. The van der Waals surface area contributed by atoms with Crippen molar-refractivity contribution in [2.45, 2.75) is 44.2 Å². The number of carbonyl (C=O) groups is 2. The highest BCUT2D eigenvalue weighted by Crippen LogP contribution is 2.49. The van der Waals surface area contributed by atoms with Gasteiger partial charge in [-0.05, 0) is 75.2 Å². The Morgan fingerprint density at radius 3 is 2.74 bits per heavy atom. The van der Waals surface area contributed by atoms with Gasteiger partial charge in [0.15, 0.2) is 0 Å². The molecular formula is C23H31ClN4O4S2. The maximum absolute atomic E-state index is 13.2. The predicted molar refractivity (Wildman–Crippen MR) is 133 cm³/mol. The third-order valence-electron chi connectivity index (χ3n) is 7.44. The highest BCUT2D eigenvalue weighted by atomic mass is 35.5. The van der Waals surface area contributed by atoms with Crippen molar-refractivity contribution in [2.75, 3.05) is 39.3 Å². The molecule has 1 aliphatic carbocycles. The Morgan fingerprint density at radius 2 is 2.00 bits per heavy atom. The Morgan fingerprint density at radius 1 is 1.21 bits per heavy atom. The number of amides is 2. The normalized spacial score (nSPS) is 29.9. The Balaban J connectivity index is 1.18. The highest BCUT2D eigenvalue weighted by molar-refractivity contribution is 7.92. The van der Waals surface area contributed by atoms with Gasteiger partial charge in [0.1, 0.15) is 6.04 Å². The lowest BCUT2D eigenvalue weighted by Gasteiger charge is -2.35. The second-order valence-corrected chi connectivity index (χ2v) is 13.2. The van der Waals surface area contributed by atoms with Crippen LogP contribution in [0.25, 0.3) is 6.08 Å². The summed E-state index contributed by atoms with van der Waals surface area (Å²) in [5.41, 5.74) is 0. The molecule has 0 aromatic carbocycles. The van der Waals surface area contributed by atoms with Crippen LogP contribution in [0.3, 0.4) is 0 Å². The van der Waals surface area contributed by atoms with Crippen LogP contribution in [0.2, 0.25) is 4.34 Å². The molecule has 0 spiro atoms. The number of thiophene rings is 1. The molecule has 8 nitrogen and oxygen atoms in total. The third kappa shape index (κ3) is 5.51. The lowest BCUT2D eigenvalue weighted by Crippen LogP contribution is -2.55. The molecule has 1 aromatic rings. The molecule has 5 rings (SSSR count). The van der Waals surface area contributed by atoms with Crippen molar-refractivity contribution in [3.8, 4) is 0 Å². The molecule has 4 aliphatic rings. The van der Waals surface area contributed by atoms with Gasteiger partial charge >= 0.3 is 0 Å². The Bertz CT molecular complexity index is 1070. The molecule has 3 saturated heterocycles. The van der Waals surface area contributed by atoms with Crippen molar-refractivity contribution >= 4 is 50.9 Å². The first-order chi connectivity index (χ1) is 16.3. The predicted octanol–water partition coefficient (Wildman–Crippen LogP) is 2.23. The van der Waals surface area contributed by atoms with E-state index in [1.807, 2.05) is 4.90 Å².